The van der Waals surface area contributed by atoms with Crippen LogP contribution in [0, 0.1) is 0 Å². The van der Waals surface area contributed by atoms with E-state index in [0.29, 0.717) is 30.3 Å². The number of rotatable bonds is 14. The number of methoxy groups -OCH3 is 2. The number of nitrogens with one attached hydrogen (secondary N) is 2. The van der Waals surface area contributed by atoms with Gasteiger partial charge in [0.05, 0.1) is 24.6 Å². The molecule has 1 aromatic heterocycles. The normalized spacial score (nSPS) is 14.1. The lowest BCUT2D eigenvalue weighted by atomic mass is 10.0. The molecule has 11 heteroatoms. The van der Waals surface area contributed by atoms with E-state index in [1.807, 2.05) is 60.7 Å². The summed E-state index contributed by atoms with van der Waals surface area (Å²) in [5.74, 6) is 1.54. The average Bonchev–Trinajstić information content (AvgIpc) is 3.50. The van der Waals surface area contributed by atoms with Gasteiger partial charge in [-0.25, -0.2) is 8.42 Å². The standard InChI is InChI=1S/C39H40N4O6S/c1-47-36-20-19-32(21-38(36)48-2)50(45,46)41-28-15-17-29(18-16-28)43-23-30(24-43)42(22-27-9-4-3-5-10-27)25-31(44)26-49-37-14-8-13-35-39(37)33-11-6-7-12-34(33)40-35/h3-21,30-31,40-41,44H,22-26H2,1-2H3. The van der Waals surface area contributed by atoms with Crippen molar-refractivity contribution < 1.29 is 27.7 Å². The molecule has 1 atom stereocenters. The van der Waals surface area contributed by atoms with Gasteiger partial charge in [-0.1, -0.05) is 54.6 Å². The minimum atomic E-state index is -3.84. The first-order chi connectivity index (χ1) is 24.3. The number of anilines is 2. The number of fused-ring (bicyclic) bond motifs is 3. The molecule has 1 aliphatic heterocycles. The number of sulfonamides is 1. The van der Waals surface area contributed by atoms with E-state index in [1.165, 1.54) is 31.9 Å². The van der Waals surface area contributed by atoms with Crippen LogP contribution in [-0.2, 0) is 16.6 Å². The number of hydrogen-bond donors (Lipinski definition) is 3. The smallest absolute Gasteiger partial charge is 0.262 e. The molecule has 0 amide bonds. The Bertz CT molecular complexity index is 2180. The molecule has 1 unspecified atom stereocenters. The maximum atomic E-state index is 13.1. The summed E-state index contributed by atoms with van der Waals surface area (Å²) in [5.41, 5.74) is 4.67. The van der Waals surface area contributed by atoms with Gasteiger partial charge in [0.25, 0.3) is 10.0 Å². The monoisotopic (exact) mass is 692 g/mol. The highest BCUT2D eigenvalue weighted by Crippen LogP contribution is 2.34. The van der Waals surface area contributed by atoms with Crippen molar-refractivity contribution in [3.05, 3.63) is 121 Å². The maximum Gasteiger partial charge on any atom is 0.262 e. The Morgan fingerprint density at radius 1 is 0.840 bits per heavy atom. The fraction of sp³-hybridized carbons (Fsp3) is 0.231. The third-order valence-electron chi connectivity index (χ3n) is 9.13. The van der Waals surface area contributed by atoms with Crippen LogP contribution >= 0.6 is 0 Å². The summed E-state index contributed by atoms with van der Waals surface area (Å²) in [6, 6.07) is 36.4. The molecule has 0 saturated carbocycles. The van der Waals surface area contributed by atoms with Crippen molar-refractivity contribution in [3.63, 3.8) is 0 Å². The Morgan fingerprint density at radius 3 is 2.32 bits per heavy atom. The summed E-state index contributed by atoms with van der Waals surface area (Å²) >= 11 is 0. The fourth-order valence-corrected chi connectivity index (χ4v) is 7.57. The van der Waals surface area contributed by atoms with Gasteiger partial charge in [-0.15, -0.1) is 0 Å². The second kappa shape index (κ2) is 14.3. The minimum Gasteiger partial charge on any atom is -0.493 e. The first-order valence-electron chi connectivity index (χ1n) is 16.5. The summed E-state index contributed by atoms with van der Waals surface area (Å²) in [6.45, 7) is 2.86. The van der Waals surface area contributed by atoms with Gasteiger partial charge in [0.1, 0.15) is 18.5 Å². The van der Waals surface area contributed by atoms with Crippen LogP contribution in [0.1, 0.15) is 5.56 Å². The number of aliphatic hydroxyl groups is 1. The Balaban J connectivity index is 0.991. The molecule has 3 N–H and O–H groups in total. The molecule has 1 aliphatic rings. The van der Waals surface area contributed by atoms with Crippen LogP contribution in [0.25, 0.3) is 21.8 Å². The van der Waals surface area contributed by atoms with Crippen molar-refractivity contribution in [3.8, 4) is 17.2 Å². The zero-order valence-corrected chi connectivity index (χ0v) is 28.8. The van der Waals surface area contributed by atoms with Crippen molar-refractivity contribution in [1.82, 2.24) is 9.88 Å². The van der Waals surface area contributed by atoms with E-state index in [-0.39, 0.29) is 17.5 Å². The number of ether oxygens (including phenoxy) is 3. The van der Waals surface area contributed by atoms with Crippen LogP contribution in [0.15, 0.2) is 120 Å². The lowest BCUT2D eigenvalue weighted by Gasteiger charge is -2.47. The van der Waals surface area contributed by atoms with Crippen LogP contribution in [0.4, 0.5) is 11.4 Å². The second-order valence-corrected chi connectivity index (χ2v) is 14.1. The number of aromatic amines is 1. The van der Waals surface area contributed by atoms with Crippen LogP contribution in [0.5, 0.6) is 17.2 Å². The fourth-order valence-electron chi connectivity index (χ4n) is 6.49. The molecular weight excluding hydrogens is 653 g/mol. The Labute approximate surface area is 291 Å². The predicted octanol–water partition coefficient (Wildman–Crippen LogP) is 6.27. The van der Waals surface area contributed by atoms with Gasteiger partial charge in [0.15, 0.2) is 11.5 Å². The number of benzene rings is 5. The second-order valence-electron chi connectivity index (χ2n) is 12.5. The van der Waals surface area contributed by atoms with Gasteiger partial charge in [-0.3, -0.25) is 9.62 Å². The van der Waals surface area contributed by atoms with E-state index in [9.17, 15) is 13.5 Å². The van der Waals surface area contributed by atoms with Gasteiger partial charge in [0, 0.05) is 66.0 Å². The predicted molar refractivity (Wildman–Crippen MR) is 197 cm³/mol. The molecule has 2 heterocycles. The summed E-state index contributed by atoms with van der Waals surface area (Å²) in [6.07, 6.45) is -0.703. The molecule has 5 aromatic carbocycles. The largest absolute Gasteiger partial charge is 0.493 e. The molecule has 50 heavy (non-hydrogen) atoms. The van der Waals surface area contributed by atoms with Crippen molar-refractivity contribution >= 4 is 43.2 Å². The Morgan fingerprint density at radius 2 is 1.56 bits per heavy atom. The van der Waals surface area contributed by atoms with Gasteiger partial charge in [0.2, 0.25) is 0 Å². The van der Waals surface area contributed by atoms with Crippen LogP contribution in [-0.4, -0.2) is 76.0 Å². The van der Waals surface area contributed by atoms with E-state index < -0.39 is 16.1 Å². The molecule has 7 rings (SSSR count). The maximum absolute atomic E-state index is 13.1. The zero-order valence-electron chi connectivity index (χ0n) is 28.0. The molecule has 0 radical (unpaired) electrons. The third kappa shape index (κ3) is 7.07. The van der Waals surface area contributed by atoms with E-state index in [4.69, 9.17) is 14.2 Å². The van der Waals surface area contributed by atoms with E-state index in [2.05, 4.69) is 43.8 Å². The van der Waals surface area contributed by atoms with Crippen LogP contribution in [0.3, 0.4) is 0 Å². The van der Waals surface area contributed by atoms with E-state index in [1.54, 1.807) is 18.2 Å². The molecular formula is C39H40N4O6S. The Hall–Kier alpha value is -5.23. The van der Waals surface area contributed by atoms with Crippen molar-refractivity contribution in [2.24, 2.45) is 0 Å². The van der Waals surface area contributed by atoms with Crippen molar-refractivity contribution in [2.45, 2.75) is 23.6 Å². The summed E-state index contributed by atoms with van der Waals surface area (Å²) in [4.78, 5) is 8.08. The van der Waals surface area contributed by atoms with Gasteiger partial charge >= 0.3 is 0 Å². The third-order valence-corrected chi connectivity index (χ3v) is 10.5. The highest BCUT2D eigenvalue weighted by atomic mass is 32.2. The first-order valence-corrected chi connectivity index (χ1v) is 18.0. The Kier molecular flexibility index (Phi) is 9.53. The molecule has 6 aromatic rings. The number of aliphatic hydroxyl groups excluding tert-OH is 1. The van der Waals surface area contributed by atoms with Crippen LogP contribution in [0.2, 0.25) is 0 Å². The van der Waals surface area contributed by atoms with E-state index in [0.717, 1.165) is 46.3 Å². The molecule has 1 saturated heterocycles. The SMILES string of the molecule is COc1ccc(S(=O)(=O)Nc2ccc(N3CC(N(Cc4ccccc4)CC(O)COc4cccc5[nH]c6ccccc6c45)C3)cc2)cc1OC. The number of nitrogens with zero attached hydrogens (tertiary/aromatic N) is 2. The molecule has 10 nitrogen and oxygen atoms in total. The van der Waals surface area contributed by atoms with Crippen LogP contribution < -0.4 is 23.8 Å². The number of hydrogen-bond acceptors (Lipinski definition) is 8. The van der Waals surface area contributed by atoms with E-state index >= 15 is 0 Å². The molecule has 0 aliphatic carbocycles. The number of H-pyrrole nitrogens is 1. The van der Waals surface area contributed by atoms with Gasteiger partial charge in [-0.05, 0) is 60.2 Å². The highest BCUT2D eigenvalue weighted by molar-refractivity contribution is 7.92. The topological polar surface area (TPSA) is 116 Å². The van der Waals surface area contributed by atoms with Crippen molar-refractivity contribution in [1.29, 1.82) is 0 Å². The number of para-hydroxylation sites is 1. The lowest BCUT2D eigenvalue weighted by molar-refractivity contribution is 0.0423. The zero-order chi connectivity index (χ0) is 34.7. The summed E-state index contributed by atoms with van der Waals surface area (Å²) in [7, 11) is -0.874. The molecule has 0 spiro atoms. The van der Waals surface area contributed by atoms with Gasteiger partial charge < -0.3 is 29.2 Å². The first kappa shape index (κ1) is 33.3. The average molecular weight is 693 g/mol. The molecule has 0 bridgehead atoms. The molecule has 1 fully saturated rings. The molecule has 258 valence electrons. The van der Waals surface area contributed by atoms with Crippen molar-refractivity contribution in [2.75, 3.05) is 50.1 Å². The summed E-state index contributed by atoms with van der Waals surface area (Å²) < 4.78 is 45.6. The highest BCUT2D eigenvalue weighted by Gasteiger charge is 2.33. The quantitative estimate of drug-likeness (QED) is 0.122. The van der Waals surface area contributed by atoms with Gasteiger partial charge in [-0.2, -0.15) is 0 Å². The lowest BCUT2D eigenvalue weighted by Crippen LogP contribution is -2.60. The minimum absolute atomic E-state index is 0.0749. The summed E-state index contributed by atoms with van der Waals surface area (Å²) in [5, 5.41) is 13.4. The number of aromatic nitrogens is 1.